The summed E-state index contributed by atoms with van der Waals surface area (Å²) in [5.41, 5.74) is 2.48. The zero-order valence-corrected chi connectivity index (χ0v) is 7.26. The highest BCUT2D eigenvalue weighted by Gasteiger charge is 1.97. The Morgan fingerprint density at radius 1 is 1.42 bits per heavy atom. The maximum Gasteiger partial charge on any atom is 0.145 e. The van der Waals surface area contributed by atoms with E-state index in [9.17, 15) is 0 Å². The highest BCUT2D eigenvalue weighted by molar-refractivity contribution is 5.46. The second-order valence-corrected chi connectivity index (χ2v) is 2.36. The Balaban J connectivity index is 2.90. The fourth-order valence-electron chi connectivity index (χ4n) is 0.913. The van der Waals surface area contributed by atoms with Gasteiger partial charge >= 0.3 is 0 Å². The van der Waals surface area contributed by atoms with Crippen LogP contribution >= 0.6 is 0 Å². The van der Waals surface area contributed by atoms with Gasteiger partial charge in [-0.05, 0) is 13.8 Å². The molecule has 1 aromatic rings. The van der Waals surface area contributed by atoms with Gasteiger partial charge in [0.25, 0.3) is 0 Å². The van der Waals surface area contributed by atoms with Crippen LogP contribution in [0.4, 0.5) is 11.6 Å². The van der Waals surface area contributed by atoms with E-state index in [0.717, 1.165) is 12.4 Å². The molecule has 5 nitrogen and oxygen atoms in total. The van der Waals surface area contributed by atoms with Crippen LogP contribution in [0, 0.1) is 6.92 Å². The van der Waals surface area contributed by atoms with Crippen molar-refractivity contribution < 1.29 is 0 Å². The smallest absolute Gasteiger partial charge is 0.145 e. The minimum atomic E-state index is 0.624. The van der Waals surface area contributed by atoms with Gasteiger partial charge in [-0.1, -0.05) is 0 Å². The van der Waals surface area contributed by atoms with E-state index < -0.39 is 0 Å². The van der Waals surface area contributed by atoms with Crippen molar-refractivity contribution in [3.05, 3.63) is 11.9 Å². The average Bonchev–Trinajstić information content (AvgIpc) is 2.04. The predicted octanol–water partition coefficient (Wildman–Crippen LogP) is 0.502. The fraction of sp³-hybridized carbons (Fsp3) is 0.429. The molecule has 4 N–H and O–H groups in total. The van der Waals surface area contributed by atoms with Crippen LogP contribution in [0.15, 0.2) is 6.07 Å². The summed E-state index contributed by atoms with van der Waals surface area (Å²) in [4.78, 5) is 8.20. The van der Waals surface area contributed by atoms with Crippen molar-refractivity contribution in [2.24, 2.45) is 5.84 Å². The lowest BCUT2D eigenvalue weighted by atomic mass is 10.5. The number of nitrogens with two attached hydrogens (primary N) is 1. The van der Waals surface area contributed by atoms with E-state index in [1.807, 2.05) is 13.8 Å². The van der Waals surface area contributed by atoms with Crippen molar-refractivity contribution in [2.75, 3.05) is 17.3 Å². The molecule has 1 heterocycles. The monoisotopic (exact) mass is 167 g/mol. The van der Waals surface area contributed by atoms with Crippen LogP contribution in [0.5, 0.6) is 0 Å². The van der Waals surface area contributed by atoms with Gasteiger partial charge in [0.05, 0.1) is 0 Å². The summed E-state index contributed by atoms with van der Waals surface area (Å²) in [6, 6.07) is 1.76. The van der Waals surface area contributed by atoms with Crippen molar-refractivity contribution in [1.82, 2.24) is 9.97 Å². The second kappa shape index (κ2) is 3.87. The van der Waals surface area contributed by atoms with Gasteiger partial charge < -0.3 is 10.7 Å². The molecule has 66 valence electrons. The third kappa shape index (κ3) is 2.06. The first-order chi connectivity index (χ1) is 5.76. The van der Waals surface area contributed by atoms with Crippen molar-refractivity contribution in [3.63, 3.8) is 0 Å². The van der Waals surface area contributed by atoms with Crippen LogP contribution in [0.2, 0.25) is 0 Å². The predicted molar refractivity (Wildman–Crippen MR) is 48.7 cm³/mol. The molecule has 0 bridgehead atoms. The summed E-state index contributed by atoms with van der Waals surface area (Å²) in [6.45, 7) is 4.66. The Labute approximate surface area is 71.4 Å². The number of rotatable bonds is 3. The van der Waals surface area contributed by atoms with Crippen LogP contribution in [-0.4, -0.2) is 16.5 Å². The van der Waals surface area contributed by atoms with Gasteiger partial charge in [0.2, 0.25) is 0 Å². The van der Waals surface area contributed by atoms with Crippen LogP contribution in [-0.2, 0) is 0 Å². The van der Waals surface area contributed by atoms with E-state index in [-0.39, 0.29) is 0 Å². The molecule has 0 amide bonds. The van der Waals surface area contributed by atoms with Gasteiger partial charge in [-0.2, -0.15) is 0 Å². The van der Waals surface area contributed by atoms with E-state index in [1.165, 1.54) is 0 Å². The Kier molecular flexibility index (Phi) is 2.82. The van der Waals surface area contributed by atoms with Gasteiger partial charge in [0.1, 0.15) is 17.5 Å². The van der Waals surface area contributed by atoms with Crippen molar-refractivity contribution in [3.8, 4) is 0 Å². The maximum atomic E-state index is 5.22. The molecular weight excluding hydrogens is 154 g/mol. The molecule has 1 aromatic heterocycles. The van der Waals surface area contributed by atoms with Gasteiger partial charge in [-0.25, -0.2) is 15.8 Å². The Morgan fingerprint density at radius 2 is 2.08 bits per heavy atom. The SMILES string of the molecule is CCNc1cc(NN)nc(C)n1. The third-order valence-corrected chi connectivity index (χ3v) is 1.34. The molecule has 0 saturated carbocycles. The highest BCUT2D eigenvalue weighted by Crippen LogP contribution is 2.08. The van der Waals surface area contributed by atoms with Gasteiger partial charge in [-0.3, -0.25) is 0 Å². The molecule has 0 aromatic carbocycles. The first-order valence-electron chi connectivity index (χ1n) is 3.82. The fourth-order valence-corrected chi connectivity index (χ4v) is 0.913. The number of hydrogen-bond donors (Lipinski definition) is 3. The Bertz CT molecular complexity index is 260. The Morgan fingerprint density at radius 3 is 2.67 bits per heavy atom. The molecule has 0 spiro atoms. The first-order valence-corrected chi connectivity index (χ1v) is 3.82. The molecule has 0 aliphatic heterocycles. The number of hydrazine groups is 1. The van der Waals surface area contributed by atoms with Crippen LogP contribution < -0.4 is 16.6 Å². The van der Waals surface area contributed by atoms with E-state index >= 15 is 0 Å². The summed E-state index contributed by atoms with van der Waals surface area (Å²) >= 11 is 0. The summed E-state index contributed by atoms with van der Waals surface area (Å²) in [5.74, 6) is 7.32. The Hall–Kier alpha value is -1.36. The van der Waals surface area contributed by atoms with Gasteiger partial charge in [0.15, 0.2) is 0 Å². The number of aromatic nitrogens is 2. The minimum Gasteiger partial charge on any atom is -0.370 e. The lowest BCUT2D eigenvalue weighted by Crippen LogP contribution is -2.11. The molecular formula is C7H13N5. The largest absolute Gasteiger partial charge is 0.370 e. The van der Waals surface area contributed by atoms with Crippen LogP contribution in [0.1, 0.15) is 12.7 Å². The number of nitrogen functional groups attached to an aromatic ring is 1. The molecule has 5 heteroatoms. The average molecular weight is 167 g/mol. The minimum absolute atomic E-state index is 0.624. The zero-order chi connectivity index (χ0) is 8.97. The van der Waals surface area contributed by atoms with E-state index in [0.29, 0.717) is 11.6 Å². The molecule has 0 fully saturated rings. The van der Waals surface area contributed by atoms with Gasteiger partial charge in [0, 0.05) is 12.6 Å². The lowest BCUT2D eigenvalue weighted by Gasteiger charge is -2.05. The van der Waals surface area contributed by atoms with Crippen molar-refractivity contribution in [1.29, 1.82) is 0 Å². The maximum absolute atomic E-state index is 5.22. The molecule has 0 saturated heterocycles. The number of anilines is 2. The second-order valence-electron chi connectivity index (χ2n) is 2.36. The quantitative estimate of drug-likeness (QED) is 0.451. The molecule has 0 aliphatic rings. The van der Waals surface area contributed by atoms with Crippen LogP contribution in [0.3, 0.4) is 0 Å². The molecule has 12 heavy (non-hydrogen) atoms. The lowest BCUT2D eigenvalue weighted by molar-refractivity contribution is 1.03. The summed E-state index contributed by atoms with van der Waals surface area (Å²) in [7, 11) is 0. The van der Waals surface area contributed by atoms with Gasteiger partial charge in [-0.15, -0.1) is 0 Å². The highest BCUT2D eigenvalue weighted by atomic mass is 15.3. The topological polar surface area (TPSA) is 75.9 Å². The van der Waals surface area contributed by atoms with E-state index in [1.54, 1.807) is 6.07 Å². The summed E-state index contributed by atoms with van der Waals surface area (Å²) < 4.78 is 0. The van der Waals surface area contributed by atoms with Crippen LogP contribution in [0.25, 0.3) is 0 Å². The molecule has 0 aliphatic carbocycles. The number of nitrogens with zero attached hydrogens (tertiary/aromatic N) is 2. The normalized spacial score (nSPS) is 9.58. The molecule has 0 unspecified atom stereocenters. The summed E-state index contributed by atoms with van der Waals surface area (Å²) in [6.07, 6.45) is 0. The van der Waals surface area contributed by atoms with E-state index in [2.05, 4.69) is 20.7 Å². The number of nitrogens with one attached hydrogen (secondary N) is 2. The number of hydrogen-bond acceptors (Lipinski definition) is 5. The summed E-state index contributed by atoms with van der Waals surface area (Å²) in [5, 5.41) is 3.08. The molecule has 0 radical (unpaired) electrons. The van der Waals surface area contributed by atoms with Crippen molar-refractivity contribution in [2.45, 2.75) is 13.8 Å². The molecule has 0 atom stereocenters. The van der Waals surface area contributed by atoms with Crippen molar-refractivity contribution >= 4 is 11.6 Å². The standard InChI is InChI=1S/C7H13N5/c1-3-9-6-4-7(12-8)11-5(2)10-6/h4H,3,8H2,1-2H3,(H2,9,10,11,12). The first kappa shape index (κ1) is 8.73. The molecule has 1 rings (SSSR count). The number of aryl methyl sites for hydroxylation is 1. The zero-order valence-electron chi connectivity index (χ0n) is 7.26. The third-order valence-electron chi connectivity index (χ3n) is 1.34. The van der Waals surface area contributed by atoms with E-state index in [4.69, 9.17) is 5.84 Å².